The lowest BCUT2D eigenvalue weighted by Gasteiger charge is -2.04. The third kappa shape index (κ3) is 3.59. The van der Waals surface area contributed by atoms with E-state index in [-0.39, 0.29) is 10.7 Å². The zero-order valence-corrected chi connectivity index (χ0v) is 16.0. The lowest BCUT2D eigenvalue weighted by Crippen LogP contribution is -2.14. The van der Waals surface area contributed by atoms with Crippen LogP contribution in [0.3, 0.4) is 0 Å². The molecule has 9 nitrogen and oxygen atoms in total. The first-order valence-electron chi connectivity index (χ1n) is 8.62. The summed E-state index contributed by atoms with van der Waals surface area (Å²) in [5, 5.41) is 28.7. The Balaban J connectivity index is 1.64. The highest BCUT2D eigenvalue weighted by Crippen LogP contribution is 2.32. The number of thiazole rings is 1. The van der Waals surface area contributed by atoms with E-state index in [2.05, 4.69) is 10.3 Å². The van der Waals surface area contributed by atoms with E-state index in [0.29, 0.717) is 5.69 Å². The first-order valence-corrected chi connectivity index (χ1v) is 9.50. The summed E-state index contributed by atoms with van der Waals surface area (Å²) in [6, 6.07) is 16.5. The Kier molecular flexibility index (Phi) is 4.90. The SMILES string of the molecule is O=C(Nc1nc(-c2cccc3ccccc23)cs1)c1ccc([N+](=O)[O-])cc1[N+](=O)[O-]. The third-order valence-corrected chi connectivity index (χ3v) is 5.18. The summed E-state index contributed by atoms with van der Waals surface area (Å²) in [5.74, 6) is -0.768. The molecule has 1 amide bonds. The van der Waals surface area contributed by atoms with Gasteiger partial charge in [-0.2, -0.15) is 0 Å². The van der Waals surface area contributed by atoms with Gasteiger partial charge in [0.25, 0.3) is 17.3 Å². The molecule has 0 aliphatic heterocycles. The van der Waals surface area contributed by atoms with Gasteiger partial charge in [-0.3, -0.25) is 30.3 Å². The van der Waals surface area contributed by atoms with Crippen LogP contribution >= 0.6 is 11.3 Å². The maximum absolute atomic E-state index is 12.6. The molecule has 1 N–H and O–H groups in total. The Morgan fingerprint density at radius 2 is 1.73 bits per heavy atom. The first kappa shape index (κ1) is 19.2. The monoisotopic (exact) mass is 420 g/mol. The summed E-state index contributed by atoms with van der Waals surface area (Å²) in [6.07, 6.45) is 0. The average Bonchev–Trinajstić information content (AvgIpc) is 3.20. The van der Waals surface area contributed by atoms with Gasteiger partial charge in [-0.05, 0) is 16.8 Å². The number of hydrogen-bond donors (Lipinski definition) is 1. The van der Waals surface area contributed by atoms with Crippen LogP contribution in [-0.2, 0) is 0 Å². The van der Waals surface area contributed by atoms with Crippen molar-refractivity contribution in [3.63, 3.8) is 0 Å². The number of nitro groups is 2. The van der Waals surface area contributed by atoms with Crippen LogP contribution in [0.1, 0.15) is 10.4 Å². The number of hydrogen-bond acceptors (Lipinski definition) is 7. The molecule has 3 aromatic carbocycles. The van der Waals surface area contributed by atoms with Crippen molar-refractivity contribution in [1.82, 2.24) is 4.98 Å². The number of anilines is 1. The van der Waals surface area contributed by atoms with E-state index in [4.69, 9.17) is 0 Å². The molecule has 1 aromatic heterocycles. The molecule has 0 spiro atoms. The number of rotatable bonds is 5. The van der Waals surface area contributed by atoms with Gasteiger partial charge in [0, 0.05) is 17.0 Å². The van der Waals surface area contributed by atoms with Crippen LogP contribution in [0.15, 0.2) is 66.0 Å². The Hall–Kier alpha value is -4.18. The molecule has 4 aromatic rings. The minimum Gasteiger partial charge on any atom is -0.298 e. The van der Waals surface area contributed by atoms with Gasteiger partial charge < -0.3 is 0 Å². The highest BCUT2D eigenvalue weighted by molar-refractivity contribution is 7.14. The summed E-state index contributed by atoms with van der Waals surface area (Å²) in [5.41, 5.74) is 0.155. The van der Waals surface area contributed by atoms with Crippen molar-refractivity contribution in [1.29, 1.82) is 0 Å². The highest BCUT2D eigenvalue weighted by Gasteiger charge is 2.24. The standard InChI is InChI=1S/C20H12N4O5S/c25-19(16-9-8-13(23(26)27)10-18(16)24(28)29)22-20-21-17(11-30-20)15-7-3-5-12-4-1-2-6-14(12)15/h1-11H,(H,21,22,25). The van der Waals surface area contributed by atoms with Gasteiger partial charge in [0.2, 0.25) is 0 Å². The van der Waals surface area contributed by atoms with Crippen molar-refractivity contribution in [2.24, 2.45) is 0 Å². The molecule has 10 heteroatoms. The van der Waals surface area contributed by atoms with Gasteiger partial charge in [-0.25, -0.2) is 4.98 Å². The molecule has 1 heterocycles. The Bertz CT molecular complexity index is 1310. The van der Waals surface area contributed by atoms with Crippen molar-refractivity contribution in [2.75, 3.05) is 5.32 Å². The smallest absolute Gasteiger partial charge is 0.289 e. The lowest BCUT2D eigenvalue weighted by atomic mass is 10.0. The minimum absolute atomic E-state index is 0.260. The lowest BCUT2D eigenvalue weighted by molar-refractivity contribution is -0.394. The molecule has 0 unspecified atom stereocenters. The van der Waals surface area contributed by atoms with E-state index in [0.717, 1.165) is 34.5 Å². The van der Waals surface area contributed by atoms with Crippen molar-refractivity contribution >= 4 is 44.5 Å². The minimum atomic E-state index is -0.828. The fourth-order valence-corrected chi connectivity index (χ4v) is 3.75. The normalized spacial score (nSPS) is 10.7. The number of amides is 1. The molecule has 0 fully saturated rings. The van der Waals surface area contributed by atoms with Crippen LogP contribution in [0.4, 0.5) is 16.5 Å². The van der Waals surface area contributed by atoms with Crippen LogP contribution in [0.2, 0.25) is 0 Å². The summed E-state index contributed by atoms with van der Waals surface area (Å²) in [4.78, 5) is 37.5. The van der Waals surface area contributed by atoms with Crippen molar-refractivity contribution in [3.8, 4) is 11.3 Å². The Morgan fingerprint density at radius 1 is 0.967 bits per heavy atom. The Morgan fingerprint density at radius 3 is 2.50 bits per heavy atom. The zero-order valence-electron chi connectivity index (χ0n) is 15.1. The number of nitro benzene ring substituents is 2. The molecule has 0 aliphatic rings. The van der Waals surface area contributed by atoms with E-state index < -0.39 is 27.1 Å². The van der Waals surface area contributed by atoms with E-state index in [1.807, 2.05) is 42.5 Å². The molecule has 0 saturated heterocycles. The molecular weight excluding hydrogens is 408 g/mol. The maximum atomic E-state index is 12.6. The van der Waals surface area contributed by atoms with Crippen LogP contribution < -0.4 is 5.32 Å². The fourth-order valence-electron chi connectivity index (χ4n) is 3.04. The maximum Gasteiger partial charge on any atom is 0.289 e. The summed E-state index contributed by atoms with van der Waals surface area (Å²) in [6.45, 7) is 0. The van der Waals surface area contributed by atoms with Gasteiger partial charge in [0.05, 0.1) is 21.6 Å². The Labute approximate surface area is 172 Å². The second-order valence-corrected chi connectivity index (χ2v) is 7.09. The van der Waals surface area contributed by atoms with Crippen molar-refractivity contribution < 1.29 is 14.6 Å². The first-order chi connectivity index (χ1) is 14.4. The predicted molar refractivity (Wildman–Crippen MR) is 113 cm³/mol. The molecule has 0 saturated carbocycles. The van der Waals surface area contributed by atoms with Gasteiger partial charge in [-0.15, -0.1) is 11.3 Å². The number of aromatic nitrogens is 1. The predicted octanol–water partition coefficient (Wildman–Crippen LogP) is 5.03. The molecule has 148 valence electrons. The fraction of sp³-hybridized carbons (Fsp3) is 0. The highest BCUT2D eigenvalue weighted by atomic mass is 32.1. The second-order valence-electron chi connectivity index (χ2n) is 6.23. The van der Waals surface area contributed by atoms with E-state index in [1.165, 1.54) is 11.3 Å². The van der Waals surface area contributed by atoms with Crippen LogP contribution in [0.5, 0.6) is 0 Å². The zero-order chi connectivity index (χ0) is 21.3. The number of nitrogens with zero attached hydrogens (tertiary/aromatic N) is 3. The summed E-state index contributed by atoms with van der Waals surface area (Å²) < 4.78 is 0. The van der Waals surface area contributed by atoms with E-state index in [1.54, 1.807) is 5.38 Å². The van der Waals surface area contributed by atoms with Gasteiger partial charge in [0.15, 0.2) is 5.13 Å². The number of carbonyl (C=O) groups excluding carboxylic acids is 1. The van der Waals surface area contributed by atoms with Crippen LogP contribution in [0.25, 0.3) is 22.0 Å². The van der Waals surface area contributed by atoms with Gasteiger partial charge in [0.1, 0.15) is 5.56 Å². The molecule has 0 atom stereocenters. The van der Waals surface area contributed by atoms with Crippen molar-refractivity contribution in [2.45, 2.75) is 0 Å². The third-order valence-electron chi connectivity index (χ3n) is 4.42. The number of non-ortho nitro benzene ring substituents is 1. The second kappa shape index (κ2) is 7.68. The topological polar surface area (TPSA) is 128 Å². The number of benzene rings is 3. The molecular formula is C20H12N4O5S. The number of fused-ring (bicyclic) bond motifs is 1. The number of carbonyl (C=O) groups is 1. The molecule has 4 rings (SSSR count). The van der Waals surface area contributed by atoms with Gasteiger partial charge in [-0.1, -0.05) is 42.5 Å². The molecule has 0 radical (unpaired) electrons. The van der Waals surface area contributed by atoms with Crippen LogP contribution in [-0.4, -0.2) is 20.7 Å². The molecule has 0 bridgehead atoms. The quantitative estimate of drug-likeness (QED) is 0.356. The average molecular weight is 420 g/mol. The van der Waals surface area contributed by atoms with E-state index in [9.17, 15) is 25.0 Å². The summed E-state index contributed by atoms with van der Waals surface area (Å²) in [7, 11) is 0. The summed E-state index contributed by atoms with van der Waals surface area (Å²) >= 11 is 1.18. The van der Waals surface area contributed by atoms with Crippen molar-refractivity contribution in [3.05, 3.63) is 91.8 Å². The van der Waals surface area contributed by atoms with Crippen LogP contribution in [0, 0.1) is 20.2 Å². The number of nitrogens with one attached hydrogen (secondary N) is 1. The van der Waals surface area contributed by atoms with E-state index >= 15 is 0 Å². The molecule has 0 aliphatic carbocycles. The largest absolute Gasteiger partial charge is 0.298 e. The van der Waals surface area contributed by atoms with Gasteiger partial charge >= 0.3 is 0 Å². The molecule has 30 heavy (non-hydrogen) atoms.